The Morgan fingerprint density at radius 3 is 2.68 bits per heavy atom. The lowest BCUT2D eigenvalue weighted by atomic mass is 9.97. The van der Waals surface area contributed by atoms with Crippen LogP contribution in [0.4, 0.5) is 5.13 Å². The van der Waals surface area contributed by atoms with Crippen LogP contribution in [0.15, 0.2) is 30.3 Å². The molecule has 3 rings (SSSR count). The minimum atomic E-state index is 0.0597. The van der Waals surface area contributed by atoms with Gasteiger partial charge in [-0.3, -0.25) is 4.79 Å². The number of aromatic nitrogens is 2. The van der Waals surface area contributed by atoms with E-state index in [-0.39, 0.29) is 11.8 Å². The second-order valence-corrected chi connectivity index (χ2v) is 7.72. The lowest BCUT2D eigenvalue weighted by Crippen LogP contribution is -2.39. The van der Waals surface area contributed by atoms with Gasteiger partial charge in [0.05, 0.1) is 0 Å². The molecule has 0 spiro atoms. The average molecular weight is 359 g/mol. The summed E-state index contributed by atoms with van der Waals surface area (Å²) in [5.74, 6) is 1.68. The van der Waals surface area contributed by atoms with Crippen LogP contribution in [0.25, 0.3) is 0 Å². The molecule has 1 aromatic heterocycles. The first-order valence-corrected chi connectivity index (χ1v) is 9.78. The molecule has 1 aliphatic rings. The Morgan fingerprint density at radius 2 is 2.00 bits per heavy atom. The van der Waals surface area contributed by atoms with Crippen molar-refractivity contribution in [2.45, 2.75) is 33.1 Å². The van der Waals surface area contributed by atoms with E-state index in [9.17, 15) is 4.79 Å². The van der Waals surface area contributed by atoms with Crippen molar-refractivity contribution in [3.63, 3.8) is 0 Å². The average Bonchev–Trinajstić information content (AvgIpc) is 3.09. The van der Waals surface area contributed by atoms with Crippen LogP contribution in [0, 0.1) is 11.8 Å². The Morgan fingerprint density at radius 1 is 1.28 bits per heavy atom. The second kappa shape index (κ2) is 8.43. The molecule has 0 atom stereocenters. The monoisotopic (exact) mass is 358 g/mol. The molecule has 0 saturated carbocycles. The smallest absolute Gasteiger partial charge is 0.222 e. The molecule has 6 heteroatoms. The maximum absolute atomic E-state index is 11.7. The number of nitrogens with one attached hydrogen (secondary N) is 1. The third-order valence-electron chi connectivity index (χ3n) is 4.64. The zero-order valence-corrected chi connectivity index (χ0v) is 15.8. The maximum atomic E-state index is 11.7. The van der Waals surface area contributed by atoms with E-state index in [0.29, 0.717) is 5.92 Å². The van der Waals surface area contributed by atoms with Crippen molar-refractivity contribution >= 4 is 22.6 Å². The molecule has 2 aromatic rings. The van der Waals surface area contributed by atoms with E-state index in [0.717, 1.165) is 49.9 Å². The Labute approximate surface area is 153 Å². The molecular formula is C19H26N4OS. The molecule has 5 nitrogen and oxygen atoms in total. The normalized spacial score (nSPS) is 15.6. The number of rotatable bonds is 6. The fourth-order valence-corrected chi connectivity index (χ4v) is 3.74. The van der Waals surface area contributed by atoms with Gasteiger partial charge in [-0.15, -0.1) is 0 Å². The zero-order valence-electron chi connectivity index (χ0n) is 14.9. The fourth-order valence-electron chi connectivity index (χ4n) is 3.00. The van der Waals surface area contributed by atoms with Gasteiger partial charge in [-0.25, -0.2) is 4.98 Å². The van der Waals surface area contributed by atoms with Gasteiger partial charge >= 0.3 is 0 Å². The van der Waals surface area contributed by atoms with Crippen LogP contribution in [0.5, 0.6) is 0 Å². The van der Waals surface area contributed by atoms with Crippen LogP contribution in [-0.2, 0) is 11.2 Å². The van der Waals surface area contributed by atoms with Gasteiger partial charge in [0.15, 0.2) is 0 Å². The van der Waals surface area contributed by atoms with Gasteiger partial charge in [-0.05, 0) is 24.3 Å². The lowest BCUT2D eigenvalue weighted by molar-refractivity contribution is -0.124. The highest BCUT2D eigenvalue weighted by Gasteiger charge is 2.22. The van der Waals surface area contributed by atoms with Crippen molar-refractivity contribution in [2.75, 3.05) is 24.5 Å². The predicted octanol–water partition coefficient (Wildman–Crippen LogP) is 3.12. The van der Waals surface area contributed by atoms with Crippen LogP contribution in [-0.4, -0.2) is 34.9 Å². The standard InChI is InChI=1S/C19H26N4OS/c1-14(2)18(24)20-13-16-8-10-23(11-9-16)19-21-17(22-25-19)12-15-6-4-3-5-7-15/h3-7,14,16H,8-13H2,1-2H3,(H,20,24). The minimum absolute atomic E-state index is 0.0597. The molecule has 1 N–H and O–H groups in total. The largest absolute Gasteiger partial charge is 0.356 e. The third kappa shape index (κ3) is 5.01. The van der Waals surface area contributed by atoms with Crippen LogP contribution in [0.1, 0.15) is 38.1 Å². The molecule has 0 radical (unpaired) electrons. The summed E-state index contributed by atoms with van der Waals surface area (Å²) in [7, 11) is 0. The molecule has 1 fully saturated rings. The van der Waals surface area contributed by atoms with Crippen LogP contribution in [0.2, 0.25) is 0 Å². The number of carbonyl (C=O) groups is 1. The lowest BCUT2D eigenvalue weighted by Gasteiger charge is -2.31. The summed E-state index contributed by atoms with van der Waals surface area (Å²) in [5, 5.41) is 4.08. The first-order valence-electron chi connectivity index (χ1n) is 9.01. The number of nitrogens with zero attached hydrogens (tertiary/aromatic N) is 3. The van der Waals surface area contributed by atoms with Crippen molar-refractivity contribution in [1.29, 1.82) is 0 Å². The highest BCUT2D eigenvalue weighted by atomic mass is 32.1. The molecule has 1 amide bonds. The predicted molar refractivity (Wildman–Crippen MR) is 102 cm³/mol. The van der Waals surface area contributed by atoms with E-state index in [4.69, 9.17) is 4.98 Å². The topological polar surface area (TPSA) is 58.1 Å². The summed E-state index contributed by atoms with van der Waals surface area (Å²) < 4.78 is 4.52. The van der Waals surface area contributed by atoms with Gasteiger partial charge in [0.25, 0.3) is 0 Å². The number of amides is 1. The van der Waals surface area contributed by atoms with Gasteiger partial charge in [0.1, 0.15) is 5.82 Å². The van der Waals surface area contributed by atoms with Crippen LogP contribution in [0.3, 0.4) is 0 Å². The number of hydrogen-bond donors (Lipinski definition) is 1. The van der Waals surface area contributed by atoms with Crippen molar-refractivity contribution in [2.24, 2.45) is 11.8 Å². The summed E-state index contributed by atoms with van der Waals surface area (Å²) in [6.45, 7) is 6.63. The van der Waals surface area contributed by atoms with Gasteiger partial charge in [-0.2, -0.15) is 4.37 Å². The van der Waals surface area contributed by atoms with E-state index >= 15 is 0 Å². The number of hydrogen-bond acceptors (Lipinski definition) is 5. The molecule has 2 heterocycles. The number of carbonyl (C=O) groups excluding carboxylic acids is 1. The molecule has 134 valence electrons. The molecule has 1 aromatic carbocycles. The van der Waals surface area contributed by atoms with Gasteiger partial charge in [-0.1, -0.05) is 44.2 Å². The van der Waals surface area contributed by atoms with Crippen LogP contribution < -0.4 is 10.2 Å². The van der Waals surface area contributed by atoms with Gasteiger partial charge in [0.2, 0.25) is 11.0 Å². The molecule has 0 bridgehead atoms. The van der Waals surface area contributed by atoms with Crippen molar-refractivity contribution in [3.05, 3.63) is 41.7 Å². The third-order valence-corrected chi connectivity index (χ3v) is 5.45. The Balaban J connectivity index is 1.48. The van der Waals surface area contributed by atoms with Gasteiger partial charge in [0, 0.05) is 43.5 Å². The van der Waals surface area contributed by atoms with E-state index < -0.39 is 0 Å². The summed E-state index contributed by atoms with van der Waals surface area (Å²) in [4.78, 5) is 18.7. The Bertz CT molecular complexity index is 678. The van der Waals surface area contributed by atoms with Crippen molar-refractivity contribution in [1.82, 2.24) is 14.7 Å². The number of piperidine rings is 1. The summed E-state index contributed by atoms with van der Waals surface area (Å²) in [6, 6.07) is 10.3. The highest BCUT2D eigenvalue weighted by molar-refractivity contribution is 7.09. The highest BCUT2D eigenvalue weighted by Crippen LogP contribution is 2.25. The zero-order chi connectivity index (χ0) is 17.6. The number of benzene rings is 1. The molecule has 1 aliphatic heterocycles. The van der Waals surface area contributed by atoms with E-state index in [1.165, 1.54) is 17.1 Å². The molecule has 0 unspecified atom stereocenters. The first-order chi connectivity index (χ1) is 12.1. The fraction of sp³-hybridized carbons (Fsp3) is 0.526. The maximum Gasteiger partial charge on any atom is 0.222 e. The summed E-state index contributed by atoms with van der Waals surface area (Å²) >= 11 is 1.49. The van der Waals surface area contributed by atoms with E-state index in [2.05, 4.69) is 26.7 Å². The molecule has 0 aliphatic carbocycles. The molecule has 25 heavy (non-hydrogen) atoms. The minimum Gasteiger partial charge on any atom is -0.356 e. The first kappa shape index (κ1) is 17.9. The SMILES string of the molecule is CC(C)C(=O)NCC1CCN(c2nc(Cc3ccccc3)ns2)CC1. The van der Waals surface area contributed by atoms with E-state index in [1.807, 2.05) is 32.0 Å². The quantitative estimate of drug-likeness (QED) is 0.862. The van der Waals surface area contributed by atoms with Crippen molar-refractivity contribution in [3.8, 4) is 0 Å². The number of anilines is 1. The Kier molecular flexibility index (Phi) is 6.02. The molecule has 1 saturated heterocycles. The molecular weight excluding hydrogens is 332 g/mol. The van der Waals surface area contributed by atoms with Crippen LogP contribution >= 0.6 is 11.5 Å². The second-order valence-electron chi connectivity index (χ2n) is 6.99. The summed E-state index contributed by atoms with van der Waals surface area (Å²) in [5.41, 5.74) is 1.24. The summed E-state index contributed by atoms with van der Waals surface area (Å²) in [6.07, 6.45) is 2.97. The Hall–Kier alpha value is -1.95. The van der Waals surface area contributed by atoms with Crippen molar-refractivity contribution < 1.29 is 4.79 Å². The van der Waals surface area contributed by atoms with Gasteiger partial charge < -0.3 is 10.2 Å². The van der Waals surface area contributed by atoms with E-state index in [1.54, 1.807) is 0 Å².